The second kappa shape index (κ2) is 10.7. The molecule has 2 aliphatic rings. The molecule has 3 rings (SSSR count). The summed E-state index contributed by atoms with van der Waals surface area (Å²) < 4.78 is 26.4. The van der Waals surface area contributed by atoms with Gasteiger partial charge in [-0.05, 0) is 38.7 Å². The van der Waals surface area contributed by atoms with Crippen LogP contribution in [-0.2, 0) is 19.1 Å². The summed E-state index contributed by atoms with van der Waals surface area (Å²) in [5.41, 5.74) is -0.00461. The fraction of sp³-hybridized carbons (Fsp3) is 0.708. The fourth-order valence-corrected chi connectivity index (χ4v) is 4.99. The SMILES string of the molecule is Cc1nc(/C=C(\F)C2C[C@H]3OC3(C)CCC[C@H](C)[C@H](O)[C@@H](C)C(=O)C[C@@H](O)CC(=O)O2)cs1. The largest absolute Gasteiger partial charge is 0.455 e. The zero-order valence-corrected chi connectivity index (χ0v) is 20.4. The lowest BCUT2D eigenvalue weighted by atomic mass is 9.84. The number of fused-ring (bicyclic) bond motifs is 1. The molecule has 9 heteroatoms. The van der Waals surface area contributed by atoms with Crippen molar-refractivity contribution in [1.29, 1.82) is 0 Å². The highest BCUT2D eigenvalue weighted by Crippen LogP contribution is 2.45. The van der Waals surface area contributed by atoms with E-state index < -0.39 is 48.0 Å². The molecule has 2 aliphatic heterocycles. The van der Waals surface area contributed by atoms with Gasteiger partial charge in [0.1, 0.15) is 11.6 Å². The maximum atomic E-state index is 15.1. The first-order valence-electron chi connectivity index (χ1n) is 11.5. The van der Waals surface area contributed by atoms with Gasteiger partial charge in [-0.3, -0.25) is 9.59 Å². The normalized spacial score (nSPS) is 37.4. The number of ether oxygens (including phenoxy) is 2. The first kappa shape index (κ1) is 25.9. The quantitative estimate of drug-likeness (QED) is 0.487. The van der Waals surface area contributed by atoms with E-state index in [0.29, 0.717) is 18.5 Å². The lowest BCUT2D eigenvalue weighted by Crippen LogP contribution is -2.34. The number of Topliss-reactive ketones (excluding diaryl/α,β-unsaturated/α-hetero) is 1. The van der Waals surface area contributed by atoms with Gasteiger partial charge in [0, 0.05) is 24.1 Å². The average molecular weight is 484 g/mol. The van der Waals surface area contributed by atoms with Crippen LogP contribution < -0.4 is 0 Å². The van der Waals surface area contributed by atoms with Gasteiger partial charge in [-0.2, -0.15) is 0 Å². The number of cyclic esters (lactones) is 1. The summed E-state index contributed by atoms with van der Waals surface area (Å²) in [7, 11) is 0. The molecule has 1 aromatic rings. The number of nitrogens with zero attached hydrogens (tertiary/aromatic N) is 1. The summed E-state index contributed by atoms with van der Waals surface area (Å²) in [6.07, 6.45) is -0.636. The van der Waals surface area contributed by atoms with Crippen LogP contribution in [0, 0.1) is 18.8 Å². The molecule has 0 aliphatic carbocycles. The number of epoxide rings is 1. The molecule has 7 nitrogen and oxygen atoms in total. The van der Waals surface area contributed by atoms with Crippen LogP contribution in [-0.4, -0.2) is 57.0 Å². The van der Waals surface area contributed by atoms with Crippen molar-refractivity contribution in [2.75, 3.05) is 0 Å². The van der Waals surface area contributed by atoms with E-state index in [1.54, 1.807) is 12.3 Å². The van der Waals surface area contributed by atoms with E-state index >= 15 is 4.39 Å². The van der Waals surface area contributed by atoms with Crippen LogP contribution in [0.5, 0.6) is 0 Å². The van der Waals surface area contributed by atoms with Crippen LogP contribution in [0.3, 0.4) is 0 Å². The molecule has 0 radical (unpaired) electrons. The van der Waals surface area contributed by atoms with Crippen molar-refractivity contribution < 1.29 is 33.7 Å². The van der Waals surface area contributed by atoms with Crippen molar-refractivity contribution in [3.63, 3.8) is 0 Å². The monoisotopic (exact) mass is 483 g/mol. The third-order valence-corrected chi connectivity index (χ3v) is 7.53. The van der Waals surface area contributed by atoms with Gasteiger partial charge in [-0.25, -0.2) is 9.37 Å². The van der Waals surface area contributed by atoms with Crippen molar-refractivity contribution in [3.8, 4) is 0 Å². The summed E-state index contributed by atoms with van der Waals surface area (Å²) in [5.74, 6) is -2.51. The summed E-state index contributed by atoms with van der Waals surface area (Å²) >= 11 is 1.39. The number of carbonyl (C=O) groups is 2. The molecule has 3 heterocycles. The number of ketones is 1. The number of carbonyl (C=O) groups excluding carboxylic acids is 2. The Balaban J connectivity index is 1.78. The summed E-state index contributed by atoms with van der Waals surface area (Å²) in [6.45, 7) is 7.30. The number of aryl methyl sites for hydroxylation is 1. The van der Waals surface area contributed by atoms with Crippen molar-refractivity contribution in [2.45, 2.75) is 96.2 Å². The van der Waals surface area contributed by atoms with E-state index in [1.807, 2.05) is 20.8 Å². The first-order chi connectivity index (χ1) is 15.5. The number of thiazole rings is 1. The van der Waals surface area contributed by atoms with Crippen LogP contribution in [0.1, 0.15) is 70.0 Å². The highest BCUT2D eigenvalue weighted by molar-refractivity contribution is 7.09. The predicted octanol–water partition coefficient (Wildman–Crippen LogP) is 3.75. The molecule has 0 spiro atoms. The molecule has 2 saturated heterocycles. The second-order valence-corrected chi connectivity index (χ2v) is 10.7. The number of esters is 1. The number of halogens is 1. The Morgan fingerprint density at radius 3 is 2.70 bits per heavy atom. The van der Waals surface area contributed by atoms with Gasteiger partial charge in [0.2, 0.25) is 0 Å². The third kappa shape index (κ3) is 6.91. The Hall–Kier alpha value is -1.68. The zero-order valence-electron chi connectivity index (χ0n) is 19.6. The topological polar surface area (TPSA) is 109 Å². The minimum Gasteiger partial charge on any atom is -0.455 e. The first-order valence-corrected chi connectivity index (χ1v) is 12.4. The highest BCUT2D eigenvalue weighted by atomic mass is 32.1. The molecule has 33 heavy (non-hydrogen) atoms. The Bertz CT molecular complexity index is 888. The maximum Gasteiger partial charge on any atom is 0.309 e. The standard InChI is InChI=1S/C24H34FNO6S/c1-13-6-5-7-24(4)21(32-24)11-20(18(25)8-16-12-33-15(3)26-16)31-22(29)10-17(27)9-19(28)14(2)23(13)30/h8,12-14,17,20-21,23,27,30H,5-7,9-11H2,1-4H3/b18-8-/t13-,14-,17+,20?,21+,23-,24?/m0/s1. The number of aromatic nitrogens is 1. The lowest BCUT2D eigenvalue weighted by Gasteiger charge is -2.25. The smallest absolute Gasteiger partial charge is 0.309 e. The minimum absolute atomic E-state index is 0.102. The van der Waals surface area contributed by atoms with Gasteiger partial charge < -0.3 is 19.7 Å². The van der Waals surface area contributed by atoms with Gasteiger partial charge in [-0.15, -0.1) is 11.3 Å². The van der Waals surface area contributed by atoms with E-state index in [9.17, 15) is 19.8 Å². The summed E-state index contributed by atoms with van der Waals surface area (Å²) in [6, 6.07) is 0. The van der Waals surface area contributed by atoms with Crippen molar-refractivity contribution in [1.82, 2.24) is 4.98 Å². The van der Waals surface area contributed by atoms with E-state index in [0.717, 1.165) is 11.4 Å². The summed E-state index contributed by atoms with van der Waals surface area (Å²) in [4.78, 5) is 29.2. The second-order valence-electron chi connectivity index (χ2n) is 9.63. The van der Waals surface area contributed by atoms with Crippen LogP contribution in [0.25, 0.3) is 6.08 Å². The lowest BCUT2D eigenvalue weighted by molar-refractivity contribution is -0.151. The Morgan fingerprint density at radius 1 is 1.30 bits per heavy atom. The van der Waals surface area contributed by atoms with E-state index in [-0.39, 0.29) is 30.6 Å². The Labute approximate surface area is 198 Å². The molecule has 2 fully saturated rings. The van der Waals surface area contributed by atoms with Crippen LogP contribution in [0.4, 0.5) is 4.39 Å². The molecule has 0 aromatic carbocycles. The van der Waals surface area contributed by atoms with Crippen LogP contribution in [0.15, 0.2) is 11.2 Å². The molecular formula is C24H34FNO6S. The molecular weight excluding hydrogens is 449 g/mol. The van der Waals surface area contributed by atoms with Gasteiger partial charge in [0.05, 0.1) is 41.0 Å². The molecule has 0 saturated carbocycles. The Morgan fingerprint density at radius 2 is 2.03 bits per heavy atom. The zero-order chi connectivity index (χ0) is 24.3. The highest BCUT2D eigenvalue weighted by Gasteiger charge is 2.53. The van der Waals surface area contributed by atoms with E-state index in [4.69, 9.17) is 9.47 Å². The predicted molar refractivity (Wildman–Crippen MR) is 122 cm³/mol. The van der Waals surface area contributed by atoms with Crippen LogP contribution in [0.2, 0.25) is 0 Å². The number of hydrogen-bond acceptors (Lipinski definition) is 8. The molecule has 1 aromatic heterocycles. The molecule has 2 N–H and O–H groups in total. The number of aliphatic hydroxyl groups excluding tert-OH is 2. The van der Waals surface area contributed by atoms with Gasteiger partial charge >= 0.3 is 5.97 Å². The minimum atomic E-state index is -1.26. The number of rotatable bonds is 2. The van der Waals surface area contributed by atoms with E-state index in [2.05, 4.69) is 4.98 Å². The molecule has 184 valence electrons. The van der Waals surface area contributed by atoms with Gasteiger partial charge in [-0.1, -0.05) is 20.3 Å². The summed E-state index contributed by atoms with van der Waals surface area (Å²) in [5, 5.41) is 23.3. The van der Waals surface area contributed by atoms with Crippen molar-refractivity contribution >= 4 is 29.2 Å². The molecule has 7 atom stereocenters. The van der Waals surface area contributed by atoms with Crippen molar-refractivity contribution in [3.05, 3.63) is 21.9 Å². The maximum absolute atomic E-state index is 15.1. The fourth-order valence-electron chi connectivity index (χ4n) is 4.42. The number of aliphatic hydroxyl groups is 2. The van der Waals surface area contributed by atoms with E-state index in [1.165, 1.54) is 17.4 Å². The number of hydrogen-bond donors (Lipinski definition) is 2. The average Bonchev–Trinajstić information content (AvgIpc) is 3.17. The van der Waals surface area contributed by atoms with Gasteiger partial charge in [0.15, 0.2) is 6.10 Å². The van der Waals surface area contributed by atoms with Gasteiger partial charge in [0.25, 0.3) is 0 Å². The Kier molecular flexibility index (Phi) is 8.42. The third-order valence-electron chi connectivity index (χ3n) is 6.74. The molecule has 0 amide bonds. The molecule has 2 unspecified atom stereocenters. The van der Waals surface area contributed by atoms with Crippen LogP contribution >= 0.6 is 11.3 Å². The molecule has 0 bridgehead atoms. The van der Waals surface area contributed by atoms with Crippen molar-refractivity contribution in [2.24, 2.45) is 11.8 Å².